The minimum Gasteiger partial charge on any atom is -0.438 e. The molecule has 0 bridgehead atoms. The van der Waals surface area contributed by atoms with Crippen molar-refractivity contribution in [1.29, 1.82) is 0 Å². The molecule has 0 spiro atoms. The van der Waals surface area contributed by atoms with E-state index in [0.29, 0.717) is 19.6 Å². The lowest BCUT2D eigenvalue weighted by molar-refractivity contribution is -0.0866. The van der Waals surface area contributed by atoms with E-state index in [-0.39, 0.29) is 11.7 Å². The number of carbonyl (C=O) groups is 1. The number of hydrogen-bond acceptors (Lipinski definition) is 3. The molecule has 0 aliphatic carbocycles. The highest BCUT2D eigenvalue weighted by atomic mass is 79.9. The van der Waals surface area contributed by atoms with E-state index in [4.69, 9.17) is 9.47 Å². The number of cyclic esters (lactones) is 1. The number of ether oxygens (including phenoxy) is 2. The topological polar surface area (TPSA) is 42.1 Å². The molecule has 2 aromatic rings. The first kappa shape index (κ1) is 19.5. The number of amides is 1. The van der Waals surface area contributed by atoms with Gasteiger partial charge in [0.05, 0.1) is 17.7 Å². The van der Waals surface area contributed by atoms with E-state index in [9.17, 15) is 4.79 Å². The van der Waals surface area contributed by atoms with Gasteiger partial charge >= 0.3 is 6.09 Å². The largest absolute Gasteiger partial charge is 0.438 e. The van der Waals surface area contributed by atoms with Crippen LogP contribution in [0.25, 0.3) is 0 Å². The van der Waals surface area contributed by atoms with Gasteiger partial charge in [-0.1, -0.05) is 58.4 Å². The van der Waals surface area contributed by atoms with Crippen LogP contribution in [0, 0.1) is 0 Å². The molecule has 2 aliphatic rings. The molecule has 0 N–H and O–H groups in total. The first-order valence-electron chi connectivity index (χ1n) is 9.70. The molecule has 2 atom stereocenters. The van der Waals surface area contributed by atoms with Crippen LogP contribution in [0.3, 0.4) is 0 Å². The van der Waals surface area contributed by atoms with E-state index in [1.54, 1.807) is 0 Å². The molecule has 0 aromatic heterocycles. The lowest BCUT2D eigenvalue weighted by Crippen LogP contribution is -2.55. The summed E-state index contributed by atoms with van der Waals surface area (Å²) < 4.78 is 12.9. The average Bonchev–Trinajstić information content (AvgIpc) is 3.39. The fourth-order valence-electron chi connectivity index (χ4n) is 4.18. The SMILES string of the molecule is CC1(CC2(c3ccccc3)CCN(C(C)(C)c3ccc(Br)cc3)C(=O)O2)CO1. The summed E-state index contributed by atoms with van der Waals surface area (Å²) in [6.07, 6.45) is 1.15. The fourth-order valence-corrected chi connectivity index (χ4v) is 4.44. The van der Waals surface area contributed by atoms with E-state index >= 15 is 0 Å². The van der Waals surface area contributed by atoms with Gasteiger partial charge in [-0.15, -0.1) is 0 Å². The first-order chi connectivity index (χ1) is 13.2. The maximum absolute atomic E-state index is 13.2. The second-order valence-electron chi connectivity index (χ2n) is 8.61. The zero-order valence-corrected chi connectivity index (χ0v) is 18.2. The Morgan fingerprint density at radius 3 is 2.32 bits per heavy atom. The zero-order chi connectivity index (χ0) is 20.0. The van der Waals surface area contributed by atoms with E-state index in [1.165, 1.54) is 0 Å². The van der Waals surface area contributed by atoms with Gasteiger partial charge in [-0.05, 0) is 44.0 Å². The minimum atomic E-state index is -0.643. The molecule has 0 saturated carbocycles. The lowest BCUT2D eigenvalue weighted by atomic mass is 9.80. The number of halogens is 1. The van der Waals surface area contributed by atoms with Gasteiger partial charge in [0.2, 0.25) is 0 Å². The Morgan fingerprint density at radius 1 is 1.11 bits per heavy atom. The highest BCUT2D eigenvalue weighted by Gasteiger charge is 2.53. The Hall–Kier alpha value is -1.85. The third-order valence-corrected chi connectivity index (χ3v) is 6.59. The highest BCUT2D eigenvalue weighted by Crippen LogP contribution is 2.47. The summed E-state index contributed by atoms with van der Waals surface area (Å²) in [5, 5.41) is 0. The average molecular weight is 444 g/mol. The van der Waals surface area contributed by atoms with Gasteiger partial charge in [-0.25, -0.2) is 4.79 Å². The van der Waals surface area contributed by atoms with E-state index in [1.807, 2.05) is 35.2 Å². The van der Waals surface area contributed by atoms with Gasteiger partial charge in [-0.2, -0.15) is 0 Å². The first-order valence-corrected chi connectivity index (χ1v) is 10.5. The van der Waals surface area contributed by atoms with Crippen LogP contribution in [0.4, 0.5) is 4.79 Å². The molecule has 2 fully saturated rings. The fraction of sp³-hybridized carbons (Fsp3) is 0.435. The van der Waals surface area contributed by atoms with E-state index < -0.39 is 11.1 Å². The Bertz CT molecular complexity index is 861. The Morgan fingerprint density at radius 2 is 1.75 bits per heavy atom. The predicted molar refractivity (Wildman–Crippen MR) is 112 cm³/mol. The van der Waals surface area contributed by atoms with Crippen LogP contribution in [-0.2, 0) is 20.6 Å². The maximum atomic E-state index is 13.2. The molecule has 5 heteroatoms. The molecule has 2 aromatic carbocycles. The van der Waals surface area contributed by atoms with E-state index in [0.717, 1.165) is 22.0 Å². The molecule has 2 heterocycles. The van der Waals surface area contributed by atoms with Crippen LogP contribution in [0.5, 0.6) is 0 Å². The van der Waals surface area contributed by atoms with Crippen LogP contribution in [0.15, 0.2) is 59.1 Å². The maximum Gasteiger partial charge on any atom is 0.411 e. The summed E-state index contributed by atoms with van der Waals surface area (Å²) in [4.78, 5) is 15.1. The predicted octanol–water partition coefficient (Wildman–Crippen LogP) is 5.60. The second-order valence-corrected chi connectivity index (χ2v) is 9.53. The van der Waals surface area contributed by atoms with E-state index in [2.05, 4.69) is 61.0 Å². The Balaban J connectivity index is 1.62. The molecular formula is C23H26BrNO3. The number of nitrogens with zero attached hydrogens (tertiary/aromatic N) is 1. The molecule has 4 nitrogen and oxygen atoms in total. The molecule has 148 valence electrons. The number of carbonyl (C=O) groups excluding carboxylic acids is 1. The van der Waals surface area contributed by atoms with Crippen molar-refractivity contribution < 1.29 is 14.3 Å². The monoisotopic (exact) mass is 443 g/mol. The smallest absolute Gasteiger partial charge is 0.411 e. The number of benzene rings is 2. The Kier molecular flexibility index (Phi) is 4.79. The Labute approximate surface area is 175 Å². The van der Waals surface area contributed by atoms with Crippen molar-refractivity contribution in [2.75, 3.05) is 13.2 Å². The standard InChI is InChI=1S/C23H26BrNO3/c1-21(2,17-9-11-19(24)12-10-17)25-14-13-23(28-20(25)26,15-22(3)16-27-22)18-7-5-4-6-8-18/h4-12H,13-16H2,1-3H3. The summed E-state index contributed by atoms with van der Waals surface area (Å²) in [5.74, 6) is 0. The summed E-state index contributed by atoms with van der Waals surface area (Å²) in [5.41, 5.74) is 0.814. The molecule has 0 radical (unpaired) electrons. The third kappa shape index (κ3) is 3.58. The van der Waals surface area contributed by atoms with Gasteiger partial charge < -0.3 is 9.47 Å². The normalized spacial score (nSPS) is 27.4. The molecule has 2 aliphatic heterocycles. The molecule has 4 rings (SSSR count). The summed E-state index contributed by atoms with van der Waals surface area (Å²) in [6, 6.07) is 18.2. The molecule has 2 unspecified atom stereocenters. The zero-order valence-electron chi connectivity index (χ0n) is 16.6. The van der Waals surface area contributed by atoms with Crippen LogP contribution in [0.1, 0.15) is 44.7 Å². The summed E-state index contributed by atoms with van der Waals surface area (Å²) >= 11 is 3.48. The van der Waals surface area contributed by atoms with Crippen molar-refractivity contribution in [1.82, 2.24) is 4.90 Å². The third-order valence-electron chi connectivity index (χ3n) is 6.06. The summed E-state index contributed by atoms with van der Waals surface area (Å²) in [6.45, 7) is 7.57. The van der Waals surface area contributed by atoms with Crippen molar-refractivity contribution >= 4 is 22.0 Å². The van der Waals surface area contributed by atoms with Crippen molar-refractivity contribution in [3.8, 4) is 0 Å². The van der Waals surface area contributed by atoms with Crippen LogP contribution in [-0.4, -0.2) is 29.7 Å². The van der Waals surface area contributed by atoms with Gasteiger partial charge in [0.1, 0.15) is 5.60 Å². The van der Waals surface area contributed by atoms with Gasteiger partial charge in [-0.3, -0.25) is 4.90 Å². The van der Waals surface area contributed by atoms with Gasteiger partial charge in [0.15, 0.2) is 0 Å². The van der Waals surface area contributed by atoms with Crippen LogP contribution in [0.2, 0.25) is 0 Å². The van der Waals surface area contributed by atoms with Gasteiger partial charge in [0.25, 0.3) is 0 Å². The van der Waals surface area contributed by atoms with Crippen LogP contribution >= 0.6 is 15.9 Å². The van der Waals surface area contributed by atoms with Crippen molar-refractivity contribution in [3.63, 3.8) is 0 Å². The number of rotatable bonds is 5. The quantitative estimate of drug-likeness (QED) is 0.564. The molecular weight excluding hydrogens is 418 g/mol. The molecule has 28 heavy (non-hydrogen) atoms. The van der Waals surface area contributed by atoms with Gasteiger partial charge in [0, 0.05) is 23.9 Å². The van der Waals surface area contributed by atoms with Crippen LogP contribution < -0.4 is 0 Å². The number of hydrogen-bond donors (Lipinski definition) is 0. The van der Waals surface area contributed by atoms with Crippen molar-refractivity contribution in [3.05, 3.63) is 70.2 Å². The lowest BCUT2D eigenvalue weighted by Gasteiger charge is -2.47. The molecule has 1 amide bonds. The minimum absolute atomic E-state index is 0.209. The van der Waals surface area contributed by atoms with Crippen molar-refractivity contribution in [2.45, 2.75) is 50.4 Å². The highest BCUT2D eigenvalue weighted by molar-refractivity contribution is 9.10. The van der Waals surface area contributed by atoms with Crippen molar-refractivity contribution in [2.24, 2.45) is 0 Å². The summed E-state index contributed by atoms with van der Waals surface area (Å²) in [7, 11) is 0. The molecule has 2 saturated heterocycles. The second kappa shape index (κ2) is 6.89. The number of epoxide rings is 1.